The van der Waals surface area contributed by atoms with E-state index in [1.165, 1.54) is 6.20 Å². The first kappa shape index (κ1) is 20.2. The average molecular weight is 402 g/mol. The lowest BCUT2D eigenvalue weighted by Crippen LogP contribution is -2.48. The van der Waals surface area contributed by atoms with Crippen LogP contribution in [0, 0.1) is 5.92 Å². The van der Waals surface area contributed by atoms with E-state index in [4.69, 9.17) is 4.74 Å². The average Bonchev–Trinajstić information content (AvgIpc) is 3.20. The molecule has 4 rings (SSSR count). The monoisotopic (exact) mass is 401 g/mol. The van der Waals surface area contributed by atoms with Crippen molar-refractivity contribution >= 4 is 11.8 Å². The Labute approximate surface area is 172 Å². The Morgan fingerprint density at radius 2 is 1.97 bits per heavy atom. The highest BCUT2D eigenvalue weighted by atomic mass is 16.5. The number of ether oxygens (including phenoxy) is 1. The van der Waals surface area contributed by atoms with Crippen molar-refractivity contribution < 1.29 is 14.3 Å². The van der Waals surface area contributed by atoms with Crippen molar-refractivity contribution in [2.24, 2.45) is 5.92 Å². The molecule has 3 fully saturated rings. The number of amides is 2. The van der Waals surface area contributed by atoms with Gasteiger partial charge >= 0.3 is 0 Å². The lowest BCUT2D eigenvalue weighted by molar-refractivity contribution is -0.140. The molecule has 0 bridgehead atoms. The fourth-order valence-corrected chi connectivity index (χ4v) is 4.43. The van der Waals surface area contributed by atoms with Gasteiger partial charge in [-0.2, -0.15) is 10.2 Å². The molecule has 1 atom stereocenters. The Morgan fingerprint density at radius 3 is 2.66 bits per heavy atom. The summed E-state index contributed by atoms with van der Waals surface area (Å²) in [5, 5.41) is 7.55. The van der Waals surface area contributed by atoms with Gasteiger partial charge in [0.1, 0.15) is 0 Å². The van der Waals surface area contributed by atoms with E-state index < -0.39 is 0 Å². The standard InChI is InChI=1S/C21H31N5O3/c27-20(18-5-7-22-23-15-18)25-10-6-19(16-25)26(21(28)17-3-1-4-17)9-2-8-24-11-13-29-14-12-24/h5,7,15,17,19H,1-4,6,8-14,16H2. The van der Waals surface area contributed by atoms with E-state index in [0.29, 0.717) is 24.6 Å². The SMILES string of the molecule is O=C(c1ccnnc1)N1CCC(N(CCCN2CCOCC2)C(=O)C2CCC2)C1. The number of hydrogen-bond donors (Lipinski definition) is 0. The summed E-state index contributed by atoms with van der Waals surface area (Å²) in [4.78, 5) is 32.2. The van der Waals surface area contributed by atoms with Gasteiger partial charge in [0.2, 0.25) is 5.91 Å². The third kappa shape index (κ3) is 4.93. The van der Waals surface area contributed by atoms with Gasteiger partial charge in [0.25, 0.3) is 5.91 Å². The zero-order valence-electron chi connectivity index (χ0n) is 17.0. The van der Waals surface area contributed by atoms with Gasteiger partial charge in [0.05, 0.1) is 37.2 Å². The van der Waals surface area contributed by atoms with Gasteiger partial charge in [-0.05, 0) is 31.7 Å². The highest BCUT2D eigenvalue weighted by Crippen LogP contribution is 2.30. The second-order valence-electron chi connectivity index (χ2n) is 8.29. The van der Waals surface area contributed by atoms with Gasteiger partial charge in [-0.15, -0.1) is 0 Å². The number of hydrogen-bond acceptors (Lipinski definition) is 6. The lowest BCUT2D eigenvalue weighted by atomic mass is 9.84. The zero-order valence-corrected chi connectivity index (χ0v) is 17.0. The Hall–Kier alpha value is -2.06. The molecule has 0 radical (unpaired) electrons. The maximum atomic E-state index is 13.1. The molecule has 1 unspecified atom stereocenters. The third-order valence-electron chi connectivity index (χ3n) is 6.44. The molecular weight excluding hydrogens is 370 g/mol. The molecule has 1 aromatic rings. The van der Waals surface area contributed by atoms with Crippen LogP contribution < -0.4 is 0 Å². The van der Waals surface area contributed by atoms with Crippen LogP contribution in [0.3, 0.4) is 0 Å². The smallest absolute Gasteiger partial charge is 0.255 e. The van der Waals surface area contributed by atoms with Crippen LogP contribution in [0.4, 0.5) is 0 Å². The molecule has 3 aliphatic rings. The molecule has 1 aromatic heterocycles. The second kappa shape index (κ2) is 9.63. The highest BCUT2D eigenvalue weighted by Gasteiger charge is 2.37. The number of carbonyl (C=O) groups is 2. The maximum Gasteiger partial charge on any atom is 0.255 e. The van der Waals surface area contributed by atoms with Crippen LogP contribution in [0.5, 0.6) is 0 Å². The number of likely N-dealkylation sites (tertiary alicyclic amines) is 1. The zero-order chi connectivity index (χ0) is 20.1. The fourth-order valence-electron chi connectivity index (χ4n) is 4.43. The molecule has 0 spiro atoms. The van der Waals surface area contributed by atoms with E-state index >= 15 is 0 Å². The first-order valence-corrected chi connectivity index (χ1v) is 10.9. The third-order valence-corrected chi connectivity index (χ3v) is 6.44. The minimum absolute atomic E-state index is 0.0215. The molecule has 8 heteroatoms. The molecule has 158 valence electrons. The molecule has 0 N–H and O–H groups in total. The minimum atomic E-state index is -0.0215. The first-order chi connectivity index (χ1) is 14.2. The van der Waals surface area contributed by atoms with Gasteiger partial charge in [-0.1, -0.05) is 6.42 Å². The Kier molecular flexibility index (Phi) is 6.71. The van der Waals surface area contributed by atoms with Crippen LogP contribution in [0.25, 0.3) is 0 Å². The molecule has 2 saturated heterocycles. The Morgan fingerprint density at radius 1 is 1.14 bits per heavy atom. The summed E-state index contributed by atoms with van der Waals surface area (Å²) in [6.45, 7) is 6.61. The van der Waals surface area contributed by atoms with E-state index in [9.17, 15) is 9.59 Å². The van der Waals surface area contributed by atoms with Crippen molar-refractivity contribution in [2.45, 2.75) is 38.1 Å². The quantitative estimate of drug-likeness (QED) is 0.679. The van der Waals surface area contributed by atoms with Crippen molar-refractivity contribution in [1.29, 1.82) is 0 Å². The fraction of sp³-hybridized carbons (Fsp3) is 0.714. The van der Waals surface area contributed by atoms with E-state index in [1.807, 2.05) is 4.90 Å². The Balaban J connectivity index is 1.35. The minimum Gasteiger partial charge on any atom is -0.379 e. The number of rotatable bonds is 7. The van der Waals surface area contributed by atoms with Crippen LogP contribution >= 0.6 is 0 Å². The topological polar surface area (TPSA) is 78.9 Å². The summed E-state index contributed by atoms with van der Waals surface area (Å²) in [7, 11) is 0. The van der Waals surface area contributed by atoms with Crippen molar-refractivity contribution in [1.82, 2.24) is 24.9 Å². The summed E-state index contributed by atoms with van der Waals surface area (Å²) in [6.07, 6.45) is 8.04. The van der Waals surface area contributed by atoms with Gasteiger partial charge in [-0.3, -0.25) is 14.5 Å². The molecular formula is C21H31N5O3. The summed E-state index contributed by atoms with van der Waals surface area (Å²) in [5.74, 6) is 0.461. The molecule has 3 heterocycles. The number of morpholine rings is 1. The first-order valence-electron chi connectivity index (χ1n) is 10.9. The predicted octanol–water partition coefficient (Wildman–Crippen LogP) is 1.04. The number of nitrogens with zero attached hydrogens (tertiary/aromatic N) is 5. The van der Waals surface area contributed by atoms with Crippen LogP contribution in [-0.2, 0) is 9.53 Å². The van der Waals surface area contributed by atoms with Crippen LogP contribution in [-0.4, -0.2) is 95.2 Å². The molecule has 1 saturated carbocycles. The normalized spacial score (nSPS) is 23.0. The highest BCUT2D eigenvalue weighted by molar-refractivity contribution is 5.94. The van der Waals surface area contributed by atoms with Crippen molar-refractivity contribution in [3.05, 3.63) is 24.0 Å². The maximum absolute atomic E-state index is 13.1. The van der Waals surface area contributed by atoms with Gasteiger partial charge < -0.3 is 14.5 Å². The van der Waals surface area contributed by atoms with Crippen molar-refractivity contribution in [2.75, 3.05) is 52.5 Å². The van der Waals surface area contributed by atoms with Crippen molar-refractivity contribution in [3.8, 4) is 0 Å². The largest absolute Gasteiger partial charge is 0.379 e. The van der Waals surface area contributed by atoms with Gasteiger partial charge in [0.15, 0.2) is 0 Å². The van der Waals surface area contributed by atoms with E-state index in [-0.39, 0.29) is 17.9 Å². The molecule has 2 amide bonds. The number of carbonyl (C=O) groups excluding carboxylic acids is 2. The van der Waals surface area contributed by atoms with Crippen LogP contribution in [0.1, 0.15) is 42.5 Å². The van der Waals surface area contributed by atoms with Gasteiger partial charge in [-0.25, -0.2) is 0 Å². The molecule has 1 aliphatic carbocycles. The molecule has 2 aliphatic heterocycles. The summed E-state index contributed by atoms with van der Waals surface area (Å²) < 4.78 is 5.42. The molecule has 0 aromatic carbocycles. The van der Waals surface area contributed by atoms with Crippen molar-refractivity contribution in [3.63, 3.8) is 0 Å². The molecule has 29 heavy (non-hydrogen) atoms. The summed E-state index contributed by atoms with van der Waals surface area (Å²) in [5.41, 5.74) is 0.560. The Bertz CT molecular complexity index is 691. The summed E-state index contributed by atoms with van der Waals surface area (Å²) in [6, 6.07) is 1.81. The van der Waals surface area contributed by atoms with E-state index in [1.54, 1.807) is 12.3 Å². The second-order valence-corrected chi connectivity index (χ2v) is 8.29. The van der Waals surface area contributed by atoms with Crippen LogP contribution in [0.2, 0.25) is 0 Å². The van der Waals surface area contributed by atoms with E-state index in [2.05, 4.69) is 20.0 Å². The number of aromatic nitrogens is 2. The van der Waals surface area contributed by atoms with Gasteiger partial charge in [0, 0.05) is 45.2 Å². The summed E-state index contributed by atoms with van der Waals surface area (Å²) >= 11 is 0. The lowest BCUT2D eigenvalue weighted by Gasteiger charge is -2.36. The van der Waals surface area contributed by atoms with Crippen LogP contribution in [0.15, 0.2) is 18.5 Å². The predicted molar refractivity (Wildman–Crippen MR) is 107 cm³/mol. The molecule has 8 nitrogen and oxygen atoms in total. The van der Waals surface area contributed by atoms with E-state index in [0.717, 1.165) is 71.5 Å².